The summed E-state index contributed by atoms with van der Waals surface area (Å²) in [5.74, 6) is -0.549. The van der Waals surface area contributed by atoms with Gasteiger partial charge in [-0.25, -0.2) is 4.52 Å². The number of rotatable bonds is 5. The van der Waals surface area contributed by atoms with Gasteiger partial charge in [-0.2, -0.15) is 0 Å². The molecule has 0 atom stereocenters. The Bertz CT molecular complexity index is 1520. The Morgan fingerprint density at radius 2 is 1.00 bits per heavy atom. The van der Waals surface area contributed by atoms with Gasteiger partial charge in [0.1, 0.15) is 18.4 Å². The summed E-state index contributed by atoms with van der Waals surface area (Å²) in [6.07, 6.45) is 0. The van der Waals surface area contributed by atoms with Crippen LogP contribution in [-0.2, 0) is 29.5 Å². The quantitative estimate of drug-likeness (QED) is 0.158. The van der Waals surface area contributed by atoms with Crippen molar-refractivity contribution >= 4 is 85.0 Å². The minimum absolute atomic E-state index is 0. The van der Waals surface area contributed by atoms with Crippen molar-refractivity contribution in [1.29, 1.82) is 0 Å². The molecule has 0 amide bonds. The molecule has 11 heteroatoms. The third kappa shape index (κ3) is 13.3. The van der Waals surface area contributed by atoms with Crippen LogP contribution in [-0.4, -0.2) is 19.3 Å². The second-order valence-corrected chi connectivity index (χ2v) is 15.0. The number of benzene rings is 4. The summed E-state index contributed by atoms with van der Waals surface area (Å²) in [7, 11) is -0.0479. The first kappa shape index (κ1) is 40.3. The molecule has 0 heterocycles. The molecule has 5 nitrogen and oxygen atoms in total. The Balaban J connectivity index is 0.000000319. The molecular weight excluding hydrogens is 884 g/mol. The van der Waals surface area contributed by atoms with Crippen molar-refractivity contribution < 1.29 is 39.7 Å². The van der Waals surface area contributed by atoms with Gasteiger partial charge in [0.25, 0.3) is 0 Å². The Hall–Kier alpha value is -1.75. The Kier molecular flexibility index (Phi) is 20.8. The molecule has 0 saturated carbocycles. The van der Waals surface area contributed by atoms with E-state index in [-0.39, 0.29) is 29.4 Å². The van der Waals surface area contributed by atoms with Gasteiger partial charge < -0.3 is 14.8 Å². The molecule has 1 N–H and O–H groups in total. The molecule has 0 fully saturated rings. The topological polar surface area (TPSA) is 86.7 Å². The maximum Gasteiger partial charge on any atom is 2.00 e. The average Bonchev–Trinajstić information content (AvgIpc) is 3.15. The fourth-order valence-electron chi connectivity index (χ4n) is 3.56. The van der Waals surface area contributed by atoms with Crippen molar-refractivity contribution in [2.24, 2.45) is 0 Å². The first-order valence-electron chi connectivity index (χ1n) is 12.8. The third-order valence-electron chi connectivity index (χ3n) is 5.52. The van der Waals surface area contributed by atoms with E-state index in [0.717, 1.165) is 17.7 Å². The predicted octanol–water partition coefficient (Wildman–Crippen LogP) is 6.62. The van der Waals surface area contributed by atoms with E-state index in [4.69, 9.17) is 9.63 Å². The van der Waals surface area contributed by atoms with Gasteiger partial charge in [-0.3, -0.25) is 4.79 Å². The van der Waals surface area contributed by atoms with Crippen LogP contribution in [0.3, 0.4) is 0 Å². The van der Waals surface area contributed by atoms with E-state index in [2.05, 4.69) is 96.3 Å². The fourth-order valence-corrected chi connectivity index (χ4v) is 8.60. The van der Waals surface area contributed by atoms with E-state index < -0.39 is 27.1 Å². The molecule has 0 saturated heterocycles. The smallest absolute Gasteiger partial charge is 0.869 e. The molecule has 0 unspecified atom stereocenters. The van der Waals surface area contributed by atoms with Gasteiger partial charge in [-0.05, 0) is 58.1 Å². The first-order chi connectivity index (χ1) is 20.8. The van der Waals surface area contributed by atoms with Gasteiger partial charge in [-0.15, -0.1) is 0 Å². The van der Waals surface area contributed by atoms with Crippen LogP contribution < -0.4 is 31.8 Å². The number of aliphatic hydroxyl groups excluding tert-OH is 1. The second kappa shape index (κ2) is 22.7. The zero-order valence-corrected chi connectivity index (χ0v) is 32.0. The van der Waals surface area contributed by atoms with Gasteiger partial charge in [0.15, 0.2) is 13.6 Å². The minimum atomic E-state index is -1.79. The van der Waals surface area contributed by atoms with Crippen LogP contribution in [0.4, 0.5) is 0 Å². The van der Waals surface area contributed by atoms with E-state index in [9.17, 15) is 14.5 Å². The van der Waals surface area contributed by atoms with Crippen molar-refractivity contribution in [3.8, 4) is 5.75 Å². The summed E-state index contributed by atoms with van der Waals surface area (Å²) in [6.45, 7) is 0. The number of aliphatic hydroxyl groups is 1. The normalized spacial score (nSPS) is 9.73. The molecule has 0 aliphatic carbocycles. The van der Waals surface area contributed by atoms with Gasteiger partial charge in [0.2, 0.25) is 0 Å². The van der Waals surface area contributed by atoms with E-state index in [1.807, 2.05) is 72.8 Å². The van der Waals surface area contributed by atoms with Crippen LogP contribution >= 0.6 is 63.7 Å². The molecule has 5 aromatic carbocycles. The van der Waals surface area contributed by atoms with Crippen LogP contribution in [0.15, 0.2) is 152 Å². The molecule has 232 valence electrons. The van der Waals surface area contributed by atoms with E-state index in [0.29, 0.717) is 4.47 Å². The number of hydrogen-bond acceptors (Lipinski definition) is 5. The van der Waals surface area contributed by atoms with Crippen molar-refractivity contribution in [2.75, 3.05) is 14.2 Å². The van der Waals surface area contributed by atoms with E-state index in [1.165, 1.54) is 22.7 Å². The van der Waals surface area contributed by atoms with Crippen LogP contribution in [0.2, 0.25) is 0 Å². The summed E-state index contributed by atoms with van der Waals surface area (Å²) >= 11 is 9.17. The molecule has 5 rings (SSSR count). The molecule has 5 aromatic rings. The Morgan fingerprint density at radius 1 is 0.659 bits per heavy atom. The SMILES string of the molecule is CO.CO[PH+](c1ccccc1)c1ccccc1.O=[PH](c1ccccc1)c1ccccc1.O=c1c(Br)cc(Br)cc(Br)c1[O-].[Pd+2]. The summed E-state index contributed by atoms with van der Waals surface area (Å²) in [5, 5.41) is 22.5. The summed E-state index contributed by atoms with van der Waals surface area (Å²) in [5.41, 5.74) is -0.549. The monoisotopic (exact) mass is 912 g/mol. The van der Waals surface area contributed by atoms with Crippen LogP contribution in [0, 0.1) is 0 Å². The fraction of sp³-hybridized carbons (Fsp3) is 0.0606. The summed E-state index contributed by atoms with van der Waals surface area (Å²) in [6, 6.07) is 43.1. The molecule has 0 radical (unpaired) electrons. The molecule has 0 aromatic heterocycles. The number of halogens is 3. The summed E-state index contributed by atoms with van der Waals surface area (Å²) in [4.78, 5) is 11.1. The van der Waals surface area contributed by atoms with Crippen LogP contribution in [0.25, 0.3) is 0 Å². The van der Waals surface area contributed by atoms with Gasteiger partial charge >= 0.3 is 20.4 Å². The molecule has 0 spiro atoms. The van der Waals surface area contributed by atoms with Gasteiger partial charge in [-0.1, -0.05) is 129 Å². The average molecular weight is 916 g/mol. The standard InChI is InChI=1S/C13H13OP.C12H11OP.C7H3Br3O2.CH4O.Pd/c1-14-15(12-8-4-2-5-9-12)13-10-6-3-7-11-13;13-14(11-7-3-1-4-8-11)12-9-5-2-6-10-12;8-3-1-4(9)6(11)7(12)5(10)2-3;1-2;/h2-11H,1H3;1-10,14H;1-2H,(H,11,12);2H,1H3;/q;;;;+2. The maximum atomic E-state index is 12.0. The Morgan fingerprint density at radius 3 is 1.36 bits per heavy atom. The zero-order chi connectivity index (χ0) is 31.6. The van der Waals surface area contributed by atoms with E-state index >= 15 is 0 Å². The molecular formula is C33H31Br3O5P2Pd+2. The zero-order valence-electron chi connectivity index (χ0n) is 23.7. The third-order valence-corrected chi connectivity index (χ3v) is 11.0. The van der Waals surface area contributed by atoms with Gasteiger partial charge in [0, 0.05) is 26.7 Å². The molecule has 44 heavy (non-hydrogen) atoms. The minimum Gasteiger partial charge on any atom is -0.869 e. The first-order valence-corrected chi connectivity index (χ1v) is 18.0. The molecule has 0 bridgehead atoms. The van der Waals surface area contributed by atoms with E-state index in [1.54, 1.807) is 7.11 Å². The van der Waals surface area contributed by atoms with Crippen LogP contribution in [0.5, 0.6) is 5.75 Å². The Labute approximate surface area is 299 Å². The van der Waals surface area contributed by atoms with Gasteiger partial charge in [0.05, 0.1) is 11.6 Å². The molecule has 0 aliphatic heterocycles. The van der Waals surface area contributed by atoms with Crippen molar-refractivity contribution in [3.05, 3.63) is 157 Å². The van der Waals surface area contributed by atoms with Crippen molar-refractivity contribution in [2.45, 2.75) is 0 Å². The van der Waals surface area contributed by atoms with Crippen LogP contribution in [0.1, 0.15) is 0 Å². The largest absolute Gasteiger partial charge is 2.00 e. The van der Waals surface area contributed by atoms with Crippen molar-refractivity contribution in [1.82, 2.24) is 0 Å². The number of hydrogen-bond donors (Lipinski definition) is 1. The molecule has 0 aliphatic rings. The maximum absolute atomic E-state index is 12.0. The second-order valence-electron chi connectivity index (χ2n) is 8.35. The summed E-state index contributed by atoms with van der Waals surface area (Å²) < 4.78 is 18.8. The van der Waals surface area contributed by atoms with Crippen molar-refractivity contribution in [3.63, 3.8) is 0 Å². The predicted molar refractivity (Wildman–Crippen MR) is 192 cm³/mol.